The van der Waals surface area contributed by atoms with Gasteiger partial charge >= 0.3 is 6.16 Å². The van der Waals surface area contributed by atoms with Crippen molar-refractivity contribution in [2.75, 3.05) is 54.8 Å². The Morgan fingerprint density at radius 2 is 0.909 bits per heavy atom. The van der Waals surface area contributed by atoms with Crippen molar-refractivity contribution in [3.63, 3.8) is 0 Å². The molecule has 6 aliphatic heterocycles. The summed E-state index contributed by atoms with van der Waals surface area (Å²) in [5.74, 6) is 5.00. The number of fused-ring (bicyclic) bond motifs is 6. The van der Waals surface area contributed by atoms with Gasteiger partial charge in [0.05, 0.1) is 85.8 Å². The Bertz CT molecular complexity index is 3480. The van der Waals surface area contributed by atoms with Crippen LogP contribution in [0, 0.1) is 0 Å². The van der Waals surface area contributed by atoms with Gasteiger partial charge in [-0.05, 0) is 123 Å². The Morgan fingerprint density at radius 1 is 0.489 bits per heavy atom. The van der Waals surface area contributed by atoms with Crippen molar-refractivity contribution in [2.24, 2.45) is 0 Å². The van der Waals surface area contributed by atoms with Crippen molar-refractivity contribution < 1.29 is 57.7 Å². The lowest BCUT2D eigenvalue weighted by Crippen LogP contribution is -2.55. The molecule has 450 valence electrons. The van der Waals surface area contributed by atoms with E-state index in [4.69, 9.17) is 37.9 Å². The number of anilines is 6. The summed E-state index contributed by atoms with van der Waals surface area (Å²) in [6, 6.07) is 66.8. The van der Waals surface area contributed by atoms with Crippen molar-refractivity contribution in [1.82, 2.24) is 0 Å². The molecule has 0 radical (unpaired) electrons. The summed E-state index contributed by atoms with van der Waals surface area (Å²) in [5.41, 5.74) is 7.48. The summed E-state index contributed by atoms with van der Waals surface area (Å²) in [4.78, 5) is 27.1. The van der Waals surface area contributed by atoms with Crippen LogP contribution in [0.25, 0.3) is 12.2 Å². The minimum absolute atomic E-state index is 0.0114. The van der Waals surface area contributed by atoms with E-state index >= 15 is 0 Å². The number of rotatable bonds is 7. The summed E-state index contributed by atoms with van der Waals surface area (Å²) >= 11 is 0. The van der Waals surface area contributed by atoms with Gasteiger partial charge in [0.15, 0.2) is 40.3 Å². The van der Waals surface area contributed by atoms with E-state index in [1.165, 1.54) is 0 Å². The molecule has 0 bridgehead atoms. The molecule has 6 heterocycles. The quantitative estimate of drug-likeness (QED) is 0.0783. The van der Waals surface area contributed by atoms with E-state index in [-0.39, 0.29) is 30.6 Å². The van der Waals surface area contributed by atoms with Crippen LogP contribution in [-0.2, 0) is 28.5 Å². The number of nitrogens with zero attached hydrogens (tertiary/aromatic N) is 2. The second kappa shape index (κ2) is 30.1. The van der Waals surface area contributed by atoms with Gasteiger partial charge in [-0.2, -0.15) is 0 Å². The van der Waals surface area contributed by atoms with Crippen molar-refractivity contribution in [3.8, 4) is 34.5 Å². The first-order valence-corrected chi connectivity index (χ1v) is 29.2. The number of nitrogens with one attached hydrogen (secondary N) is 1. The maximum atomic E-state index is 11.6. The summed E-state index contributed by atoms with van der Waals surface area (Å²) < 4.78 is 43.8. The van der Waals surface area contributed by atoms with Gasteiger partial charge in [0.2, 0.25) is 0 Å². The van der Waals surface area contributed by atoms with Crippen LogP contribution in [0.1, 0.15) is 31.9 Å². The van der Waals surface area contributed by atoms with E-state index in [1.807, 2.05) is 217 Å². The number of ketones is 1. The zero-order chi connectivity index (χ0) is 61.1. The van der Waals surface area contributed by atoms with Gasteiger partial charge in [-0.25, -0.2) is 4.79 Å². The average Bonchev–Trinajstić information content (AvgIpc) is 1.01. The molecule has 15 heteroatoms. The van der Waals surface area contributed by atoms with Gasteiger partial charge in [-0.15, -0.1) is 0 Å². The number of aliphatic hydroxyl groups is 2. The number of para-hydroxylation sites is 12. The molecular weight excluding hydrogens is 1110 g/mol. The Hall–Kier alpha value is -9.74. The van der Waals surface area contributed by atoms with E-state index in [9.17, 15) is 19.8 Å². The third-order valence-corrected chi connectivity index (χ3v) is 14.1. The van der Waals surface area contributed by atoms with Crippen molar-refractivity contribution in [2.45, 2.75) is 56.8 Å². The van der Waals surface area contributed by atoms with E-state index in [0.29, 0.717) is 33.0 Å². The number of hydrogen-bond donors (Lipinski definition) is 3. The SMILES string of the molecule is C1=CC(N2c3ccccc3Oc3ccccc32)COC1.CC(C)(C)OC(=O)OC1C=CCOC1.O=C(/C=C/c1ccccc1)/C=C/c1ccccc1.O[C@@H]1COCC(N2c3ccccc3Oc3ccccc32)[C@@H]1O.c1ccc2c(c1)Nc1ccccc1O2. The molecule has 3 N–H and O–H groups in total. The maximum Gasteiger partial charge on any atom is 0.509 e. The van der Waals surface area contributed by atoms with E-state index in [2.05, 4.69) is 34.5 Å². The van der Waals surface area contributed by atoms with Crippen LogP contribution >= 0.6 is 0 Å². The van der Waals surface area contributed by atoms with Crippen LogP contribution in [-0.4, -0.2) is 97.8 Å². The molecule has 0 aromatic heterocycles. The average molecular weight is 1180 g/mol. The molecule has 88 heavy (non-hydrogen) atoms. The third-order valence-electron chi connectivity index (χ3n) is 14.1. The fourth-order valence-corrected chi connectivity index (χ4v) is 9.97. The van der Waals surface area contributed by atoms with E-state index < -0.39 is 24.0 Å². The molecular formula is C73H71N3O12. The highest BCUT2D eigenvalue weighted by molar-refractivity contribution is 6.04. The first kappa shape index (κ1) is 61.4. The van der Waals surface area contributed by atoms with Crippen LogP contribution in [0.15, 0.2) is 243 Å². The maximum absolute atomic E-state index is 11.6. The molecule has 3 unspecified atom stereocenters. The zero-order valence-corrected chi connectivity index (χ0v) is 49.2. The lowest BCUT2D eigenvalue weighted by atomic mass is 9.99. The topological polar surface area (TPSA) is 167 Å². The molecule has 0 aliphatic carbocycles. The Morgan fingerprint density at radius 3 is 1.36 bits per heavy atom. The molecule has 1 fully saturated rings. The van der Waals surface area contributed by atoms with Crippen molar-refractivity contribution >= 4 is 58.2 Å². The highest BCUT2D eigenvalue weighted by Gasteiger charge is 2.40. The minimum Gasteiger partial charge on any atom is -0.453 e. The van der Waals surface area contributed by atoms with Crippen LogP contribution < -0.4 is 29.3 Å². The molecule has 14 rings (SSSR count). The van der Waals surface area contributed by atoms with Crippen LogP contribution in [0.2, 0.25) is 0 Å². The molecule has 0 saturated carbocycles. The van der Waals surface area contributed by atoms with E-state index in [1.54, 1.807) is 39.0 Å². The number of allylic oxidation sites excluding steroid dienone is 2. The normalized spacial score (nSPS) is 18.9. The van der Waals surface area contributed by atoms with Crippen LogP contribution in [0.3, 0.4) is 0 Å². The number of carbonyl (C=O) groups is 2. The summed E-state index contributed by atoms with van der Waals surface area (Å²) in [7, 11) is 0. The standard InChI is InChI=1S/C17H17NO4.C17H15NO2.C17H14O.C12H9NO.C10H16O4/c19-14-10-21-9-13(17(14)20)18-11-5-1-3-7-15(11)22-16-8-4-2-6-12(16)18;1-3-9-16-14(7-1)18(13-6-5-11-19-12-13)15-8-2-4-10-17(15)20-16;18-17(13-11-15-7-3-1-4-8-15)14-12-16-9-5-2-6-10-16;1-3-7-11-9(5-1)13-10-6-2-4-8-12(10)14-11;1-10(2,3)14-9(11)13-8-5-4-6-12-7-8/h1-8,13-14,17,19-20H,9-10H2;1-10,13H,11-12H2;1-14H;1-8,13H;4-5,8H,6-7H2,1-3H3/b;;13-11+,14-12+;;/t13?,14-,17+;;;;/m1..../s1. The Kier molecular flexibility index (Phi) is 21.0. The monoisotopic (exact) mass is 1180 g/mol. The number of aliphatic hydroxyl groups excluding tert-OH is 2. The summed E-state index contributed by atoms with van der Waals surface area (Å²) in [6.45, 7) is 8.25. The molecule has 1 saturated heterocycles. The predicted octanol–water partition coefficient (Wildman–Crippen LogP) is 15.3. The fourth-order valence-electron chi connectivity index (χ4n) is 9.97. The minimum atomic E-state index is -0.888. The molecule has 0 amide bonds. The summed E-state index contributed by atoms with van der Waals surface area (Å²) in [6.07, 6.45) is 12.0. The second-order valence-electron chi connectivity index (χ2n) is 21.7. The largest absolute Gasteiger partial charge is 0.509 e. The fraction of sp³-hybridized carbons (Fsp3) is 0.205. The van der Waals surface area contributed by atoms with Crippen LogP contribution in [0.4, 0.5) is 38.9 Å². The lowest BCUT2D eigenvalue weighted by molar-refractivity contribution is -0.110. The first-order chi connectivity index (χ1) is 42.9. The van der Waals surface area contributed by atoms with Gasteiger partial charge < -0.3 is 63.2 Å². The lowest BCUT2D eigenvalue weighted by Gasteiger charge is -2.43. The second-order valence-corrected chi connectivity index (χ2v) is 21.7. The molecule has 6 aliphatic rings. The zero-order valence-electron chi connectivity index (χ0n) is 49.2. The number of hydrogen-bond acceptors (Lipinski definition) is 15. The highest BCUT2D eigenvalue weighted by atomic mass is 16.7. The van der Waals surface area contributed by atoms with Crippen LogP contribution in [0.5, 0.6) is 34.5 Å². The van der Waals surface area contributed by atoms with Gasteiger partial charge in [0.1, 0.15) is 23.9 Å². The number of benzene rings is 8. The van der Waals surface area contributed by atoms with Gasteiger partial charge in [-0.1, -0.05) is 164 Å². The van der Waals surface area contributed by atoms with Crippen molar-refractivity contribution in [1.29, 1.82) is 0 Å². The van der Waals surface area contributed by atoms with E-state index in [0.717, 1.165) is 79.7 Å². The van der Waals surface area contributed by atoms with Crippen molar-refractivity contribution in [3.05, 3.63) is 254 Å². The molecule has 15 nitrogen and oxygen atoms in total. The Labute approximate surface area is 513 Å². The first-order valence-electron chi connectivity index (χ1n) is 29.2. The van der Waals surface area contributed by atoms with Gasteiger partial charge in [0.25, 0.3) is 0 Å². The summed E-state index contributed by atoms with van der Waals surface area (Å²) in [5, 5.41) is 23.7. The molecule has 8 aromatic carbocycles. The van der Waals surface area contributed by atoms with Gasteiger partial charge in [-0.3, -0.25) is 4.79 Å². The predicted molar refractivity (Wildman–Crippen MR) is 344 cm³/mol. The third kappa shape index (κ3) is 16.6. The number of carbonyl (C=O) groups excluding carboxylic acids is 2. The molecule has 8 aromatic rings. The molecule has 5 atom stereocenters. The molecule has 0 spiro atoms. The Balaban J connectivity index is 0.000000123. The van der Waals surface area contributed by atoms with Gasteiger partial charge in [0, 0.05) is 0 Å². The number of ether oxygens (including phenoxy) is 8. The smallest absolute Gasteiger partial charge is 0.453 e. The highest BCUT2D eigenvalue weighted by Crippen LogP contribution is 2.49.